The van der Waals surface area contributed by atoms with Gasteiger partial charge < -0.3 is 20.9 Å². The molecule has 3 aromatic rings. The van der Waals surface area contributed by atoms with Gasteiger partial charge in [0.1, 0.15) is 11.5 Å². The fourth-order valence-corrected chi connectivity index (χ4v) is 3.89. The van der Waals surface area contributed by atoms with Gasteiger partial charge in [-0.25, -0.2) is 4.79 Å². The maximum Gasteiger partial charge on any atom is 0.331 e. The summed E-state index contributed by atoms with van der Waals surface area (Å²) in [5.41, 5.74) is 17.1. The molecule has 3 rings (SSSR count). The zero-order valence-corrected chi connectivity index (χ0v) is 24.1. The van der Waals surface area contributed by atoms with Gasteiger partial charge in [0.25, 0.3) is 5.56 Å². The highest BCUT2D eigenvalue weighted by molar-refractivity contribution is 7.80. The van der Waals surface area contributed by atoms with Gasteiger partial charge in [0.15, 0.2) is 10.2 Å². The third-order valence-electron chi connectivity index (χ3n) is 5.65. The number of aromatic nitrogens is 2. The summed E-state index contributed by atoms with van der Waals surface area (Å²) < 4.78 is 14.6. The van der Waals surface area contributed by atoms with E-state index in [2.05, 4.69) is 21.1 Å². The molecule has 0 saturated carbocycles. The average molecular weight is 597 g/mol. The van der Waals surface area contributed by atoms with Gasteiger partial charge in [0, 0.05) is 36.0 Å². The van der Waals surface area contributed by atoms with E-state index in [1.165, 1.54) is 10.6 Å². The van der Waals surface area contributed by atoms with E-state index in [1.807, 2.05) is 42.5 Å². The third-order valence-corrected chi connectivity index (χ3v) is 5.83. The Morgan fingerprint density at radius 3 is 1.78 bits per heavy atom. The normalized spacial score (nSPS) is 11.0. The van der Waals surface area contributed by atoms with Crippen molar-refractivity contribution in [2.24, 2.45) is 21.7 Å². The van der Waals surface area contributed by atoms with Gasteiger partial charge in [0.05, 0.1) is 25.6 Å². The molecule has 0 fully saturated rings. The number of ether oxygens (including phenoxy) is 2. The second-order valence-electron chi connectivity index (χ2n) is 8.66. The number of rotatable bonds is 14. The molecular weight excluding hydrogens is 564 g/mol. The summed E-state index contributed by atoms with van der Waals surface area (Å²) in [6.07, 6.45) is 4.09. The Labute approximate surface area is 247 Å². The number of nitrogens with two attached hydrogens (primary N) is 2. The van der Waals surface area contributed by atoms with Crippen molar-refractivity contribution in [3.63, 3.8) is 0 Å². The first-order valence-corrected chi connectivity index (χ1v) is 13.5. The number of thiocarbonyl (C=S) groups is 2. The fourth-order valence-electron chi connectivity index (χ4n) is 3.78. The van der Waals surface area contributed by atoms with Crippen LogP contribution in [0.5, 0.6) is 11.5 Å². The number of benzene rings is 2. The molecule has 0 unspecified atom stereocenters. The number of hydrazone groups is 2. The quantitative estimate of drug-likeness (QED) is 0.0930. The van der Waals surface area contributed by atoms with Crippen LogP contribution in [0.4, 0.5) is 0 Å². The molecule has 0 aliphatic carbocycles. The Morgan fingerprint density at radius 2 is 1.29 bits per heavy atom. The Hall–Kier alpha value is -4.56. The second-order valence-corrected chi connectivity index (χ2v) is 9.54. The largest absolute Gasteiger partial charge is 0.493 e. The van der Waals surface area contributed by atoms with E-state index >= 15 is 0 Å². The summed E-state index contributed by atoms with van der Waals surface area (Å²) in [5.74, 6) is 1.23. The summed E-state index contributed by atoms with van der Waals surface area (Å²) in [4.78, 5) is 25.7. The highest BCUT2D eigenvalue weighted by Gasteiger charge is 2.10. The van der Waals surface area contributed by atoms with Crippen LogP contribution in [0.2, 0.25) is 0 Å². The molecule has 0 aliphatic rings. The molecule has 1 heterocycles. The second kappa shape index (κ2) is 15.9. The Bertz CT molecular complexity index is 1530. The minimum Gasteiger partial charge on any atom is -0.493 e. The smallest absolute Gasteiger partial charge is 0.331 e. The minimum atomic E-state index is -0.372. The van der Waals surface area contributed by atoms with Crippen LogP contribution >= 0.6 is 24.4 Å². The molecule has 0 atom stereocenters. The first-order valence-electron chi connectivity index (χ1n) is 12.7. The number of hydrogen-bond donors (Lipinski definition) is 4. The summed E-state index contributed by atoms with van der Waals surface area (Å²) in [5, 5.41) is 8.03. The molecule has 0 bridgehead atoms. The van der Waals surface area contributed by atoms with Crippen molar-refractivity contribution in [3.05, 3.63) is 92.3 Å². The maximum absolute atomic E-state index is 13.1. The predicted molar refractivity (Wildman–Crippen MR) is 168 cm³/mol. The molecule has 0 spiro atoms. The Morgan fingerprint density at radius 1 is 0.829 bits per heavy atom. The first-order chi connectivity index (χ1) is 19.8. The Balaban J connectivity index is 1.57. The van der Waals surface area contributed by atoms with Crippen LogP contribution in [-0.4, -0.2) is 45.0 Å². The van der Waals surface area contributed by atoms with Crippen LogP contribution in [0.1, 0.15) is 29.7 Å². The van der Waals surface area contributed by atoms with Gasteiger partial charge in [-0.2, -0.15) is 10.2 Å². The number of para-hydroxylation sites is 2. The highest BCUT2D eigenvalue weighted by atomic mass is 32.1. The van der Waals surface area contributed by atoms with Crippen LogP contribution in [0.3, 0.4) is 0 Å². The zero-order valence-electron chi connectivity index (χ0n) is 22.5. The average Bonchev–Trinajstić information content (AvgIpc) is 2.93. The van der Waals surface area contributed by atoms with Gasteiger partial charge >= 0.3 is 5.69 Å². The van der Waals surface area contributed by atoms with Gasteiger partial charge in [-0.15, -0.1) is 0 Å². The lowest BCUT2D eigenvalue weighted by molar-refractivity contribution is 0.293. The lowest BCUT2D eigenvalue weighted by Crippen LogP contribution is -2.41. The summed E-state index contributed by atoms with van der Waals surface area (Å²) in [6, 6.07) is 16.1. The molecule has 0 saturated heterocycles. The number of nitrogens with one attached hydrogen (secondary N) is 2. The van der Waals surface area contributed by atoms with Gasteiger partial charge in [0.2, 0.25) is 0 Å². The standard InChI is InChI=1S/C27H32N8O4S2/c1-19-16-24(36)35(13-7-15-39-23-11-5-3-9-21(23)18-31-33-26(29)41)27(37)34(19)12-6-14-38-22-10-4-2-8-20(22)17-30-32-25(28)40/h2-5,8-11,16-18H,6-7,12-15H2,1H3,(H3,28,32,40)(H3,29,33,41)/b30-17+,31-18+. The van der Waals surface area contributed by atoms with E-state index < -0.39 is 0 Å². The third kappa shape index (κ3) is 9.85. The van der Waals surface area contributed by atoms with E-state index in [0.717, 1.165) is 11.1 Å². The van der Waals surface area contributed by atoms with Crippen LogP contribution in [0, 0.1) is 6.92 Å². The van der Waals surface area contributed by atoms with Crippen molar-refractivity contribution in [1.82, 2.24) is 20.0 Å². The van der Waals surface area contributed by atoms with Crippen LogP contribution in [0.15, 0.2) is 74.4 Å². The first kappa shape index (κ1) is 31.0. The van der Waals surface area contributed by atoms with Gasteiger partial charge in [-0.05, 0) is 68.5 Å². The Kier molecular flexibility index (Phi) is 12.0. The summed E-state index contributed by atoms with van der Waals surface area (Å²) >= 11 is 9.48. The molecule has 0 aliphatic heterocycles. The van der Waals surface area contributed by atoms with Crippen molar-refractivity contribution in [2.45, 2.75) is 32.9 Å². The van der Waals surface area contributed by atoms with Crippen molar-refractivity contribution in [1.29, 1.82) is 0 Å². The van der Waals surface area contributed by atoms with E-state index in [-0.39, 0.29) is 34.6 Å². The maximum atomic E-state index is 13.1. The van der Waals surface area contributed by atoms with Crippen LogP contribution in [-0.2, 0) is 13.1 Å². The monoisotopic (exact) mass is 596 g/mol. The summed E-state index contributed by atoms with van der Waals surface area (Å²) in [7, 11) is 0. The molecule has 1 aromatic heterocycles. The fraction of sp³-hybridized carbons (Fsp3) is 0.259. The zero-order chi connectivity index (χ0) is 29.6. The predicted octanol–water partition coefficient (Wildman–Crippen LogP) is 1.59. The molecule has 2 aromatic carbocycles. The van der Waals surface area contributed by atoms with Crippen LogP contribution in [0.25, 0.3) is 0 Å². The SMILES string of the molecule is Cc1cc(=O)n(CCCOc2ccccc2/C=N/NC(N)=S)c(=O)n1CCCOc1ccccc1/C=N/NC(N)=S. The van der Waals surface area contributed by atoms with Crippen molar-refractivity contribution in [2.75, 3.05) is 13.2 Å². The highest BCUT2D eigenvalue weighted by Crippen LogP contribution is 2.17. The molecule has 216 valence electrons. The van der Waals surface area contributed by atoms with Crippen molar-refractivity contribution in [3.8, 4) is 11.5 Å². The molecule has 6 N–H and O–H groups in total. The van der Waals surface area contributed by atoms with Gasteiger partial charge in [-0.1, -0.05) is 24.3 Å². The van der Waals surface area contributed by atoms with E-state index in [4.69, 9.17) is 45.4 Å². The molecule has 41 heavy (non-hydrogen) atoms. The lowest BCUT2D eigenvalue weighted by atomic mass is 10.2. The number of hydrogen-bond acceptors (Lipinski definition) is 8. The van der Waals surface area contributed by atoms with E-state index in [1.54, 1.807) is 30.0 Å². The number of aryl methyl sites for hydroxylation is 1. The van der Waals surface area contributed by atoms with Crippen molar-refractivity contribution >= 4 is 47.1 Å². The number of nitrogens with zero attached hydrogens (tertiary/aromatic N) is 4. The molecule has 0 radical (unpaired) electrons. The molecule has 14 heteroatoms. The van der Waals surface area contributed by atoms with E-state index in [9.17, 15) is 9.59 Å². The lowest BCUT2D eigenvalue weighted by Gasteiger charge is -2.14. The van der Waals surface area contributed by atoms with E-state index in [0.29, 0.717) is 43.2 Å². The molecule has 12 nitrogen and oxygen atoms in total. The molecular formula is C27H32N8O4S2. The topological polar surface area (TPSA) is 163 Å². The van der Waals surface area contributed by atoms with Crippen molar-refractivity contribution < 1.29 is 9.47 Å². The summed E-state index contributed by atoms with van der Waals surface area (Å²) in [6.45, 7) is 2.97. The molecule has 0 amide bonds. The van der Waals surface area contributed by atoms with Gasteiger partial charge in [-0.3, -0.25) is 24.8 Å². The minimum absolute atomic E-state index is 0.0550. The van der Waals surface area contributed by atoms with Crippen LogP contribution < -0.4 is 43.0 Å².